The highest BCUT2D eigenvalue weighted by Gasteiger charge is 2.10. The quantitative estimate of drug-likeness (QED) is 0.665. The Morgan fingerprint density at radius 3 is 2.67 bits per heavy atom. The van der Waals surface area contributed by atoms with Crippen LogP contribution in [-0.4, -0.2) is 10.7 Å². The maximum absolute atomic E-state index is 6.04. The molecule has 4 heteroatoms. The van der Waals surface area contributed by atoms with Gasteiger partial charge < -0.3 is 5.73 Å². The molecule has 0 bridgehead atoms. The topological polar surface area (TPSA) is 38.9 Å². The lowest BCUT2D eigenvalue weighted by molar-refractivity contribution is 1.25. The van der Waals surface area contributed by atoms with Crippen LogP contribution in [0.1, 0.15) is 12.5 Å². The predicted molar refractivity (Wildman–Crippen MR) is 82.2 cm³/mol. The van der Waals surface area contributed by atoms with Crippen molar-refractivity contribution in [2.24, 2.45) is 0 Å². The fourth-order valence-corrected chi connectivity index (χ4v) is 3.27. The van der Waals surface area contributed by atoms with E-state index < -0.39 is 0 Å². The minimum absolute atomic E-state index is 0.781. The van der Waals surface area contributed by atoms with Gasteiger partial charge in [-0.05, 0) is 13.8 Å². The standard InChI is InChI=1S/C14H16N2S2/c1-9(2)8-17-14-16-12(13(15)18-14)11-6-4-10(3)5-7-11/h4-7H,1,8,15H2,2-3H3. The number of rotatable bonds is 4. The van der Waals surface area contributed by atoms with Crippen LogP contribution in [0.25, 0.3) is 11.3 Å². The summed E-state index contributed by atoms with van der Waals surface area (Å²) in [7, 11) is 0. The van der Waals surface area contributed by atoms with E-state index in [-0.39, 0.29) is 0 Å². The van der Waals surface area contributed by atoms with Crippen molar-refractivity contribution in [2.45, 2.75) is 18.2 Å². The van der Waals surface area contributed by atoms with Gasteiger partial charge in [0.05, 0.1) is 0 Å². The summed E-state index contributed by atoms with van der Waals surface area (Å²) in [5.41, 5.74) is 10.4. The lowest BCUT2D eigenvalue weighted by Crippen LogP contribution is -1.86. The number of thioether (sulfide) groups is 1. The predicted octanol–water partition coefficient (Wildman–Crippen LogP) is 4.37. The average molecular weight is 276 g/mol. The SMILES string of the molecule is C=C(C)CSc1nc(-c2ccc(C)cc2)c(N)s1. The number of nitrogen functional groups attached to an aromatic ring is 1. The van der Waals surface area contributed by atoms with E-state index >= 15 is 0 Å². The highest BCUT2D eigenvalue weighted by molar-refractivity contribution is 8.01. The molecule has 2 nitrogen and oxygen atoms in total. The summed E-state index contributed by atoms with van der Waals surface area (Å²) in [6, 6.07) is 8.28. The fourth-order valence-electron chi connectivity index (χ4n) is 1.48. The number of nitrogens with two attached hydrogens (primary N) is 1. The number of benzene rings is 1. The Morgan fingerprint density at radius 1 is 1.39 bits per heavy atom. The van der Waals surface area contributed by atoms with Crippen molar-refractivity contribution in [1.82, 2.24) is 4.98 Å². The molecule has 0 atom stereocenters. The van der Waals surface area contributed by atoms with E-state index in [1.54, 1.807) is 23.1 Å². The molecule has 0 saturated carbocycles. The molecule has 18 heavy (non-hydrogen) atoms. The van der Waals surface area contributed by atoms with Crippen molar-refractivity contribution < 1.29 is 0 Å². The maximum Gasteiger partial charge on any atom is 0.152 e. The van der Waals surface area contributed by atoms with Gasteiger partial charge in [0.15, 0.2) is 4.34 Å². The van der Waals surface area contributed by atoms with Crippen LogP contribution in [0.15, 0.2) is 40.8 Å². The molecule has 0 saturated heterocycles. The smallest absolute Gasteiger partial charge is 0.152 e. The van der Waals surface area contributed by atoms with Crippen LogP contribution < -0.4 is 5.73 Å². The molecule has 0 aliphatic rings. The van der Waals surface area contributed by atoms with Gasteiger partial charge in [-0.25, -0.2) is 4.98 Å². The van der Waals surface area contributed by atoms with Gasteiger partial charge in [-0.15, -0.1) is 0 Å². The second-order valence-corrected chi connectivity index (χ2v) is 6.56. The van der Waals surface area contributed by atoms with E-state index in [9.17, 15) is 0 Å². The number of hydrogen-bond acceptors (Lipinski definition) is 4. The molecule has 0 amide bonds. The Balaban J connectivity index is 2.23. The van der Waals surface area contributed by atoms with Crippen molar-refractivity contribution in [3.05, 3.63) is 42.0 Å². The number of aryl methyl sites for hydroxylation is 1. The summed E-state index contributed by atoms with van der Waals surface area (Å²) in [6.45, 7) is 7.98. The molecular weight excluding hydrogens is 260 g/mol. The third-order valence-electron chi connectivity index (χ3n) is 2.40. The van der Waals surface area contributed by atoms with E-state index in [0.29, 0.717) is 0 Å². The number of thiazole rings is 1. The highest BCUT2D eigenvalue weighted by atomic mass is 32.2. The lowest BCUT2D eigenvalue weighted by atomic mass is 10.1. The number of hydrogen-bond donors (Lipinski definition) is 1. The first-order valence-corrected chi connectivity index (χ1v) is 7.47. The van der Waals surface area contributed by atoms with Crippen molar-refractivity contribution in [3.63, 3.8) is 0 Å². The van der Waals surface area contributed by atoms with Crippen molar-refractivity contribution in [2.75, 3.05) is 11.5 Å². The van der Waals surface area contributed by atoms with Crippen LogP contribution >= 0.6 is 23.1 Å². The molecule has 0 unspecified atom stereocenters. The van der Waals surface area contributed by atoms with Crippen molar-refractivity contribution >= 4 is 28.1 Å². The maximum atomic E-state index is 6.04. The van der Waals surface area contributed by atoms with Crippen LogP contribution in [0.2, 0.25) is 0 Å². The Bertz CT molecular complexity index is 556. The molecule has 0 fully saturated rings. The molecule has 0 aliphatic heterocycles. The summed E-state index contributed by atoms with van der Waals surface area (Å²) in [5, 5.41) is 0.781. The molecule has 0 spiro atoms. The highest BCUT2D eigenvalue weighted by Crippen LogP contribution is 2.35. The van der Waals surface area contributed by atoms with Gasteiger partial charge in [0.1, 0.15) is 10.7 Å². The van der Waals surface area contributed by atoms with E-state index in [1.165, 1.54) is 5.56 Å². The molecule has 94 valence electrons. The van der Waals surface area contributed by atoms with Gasteiger partial charge in [0.2, 0.25) is 0 Å². The lowest BCUT2D eigenvalue weighted by Gasteiger charge is -1.99. The first kappa shape index (κ1) is 13.2. The third kappa shape index (κ3) is 3.15. The van der Waals surface area contributed by atoms with Gasteiger partial charge in [-0.3, -0.25) is 0 Å². The minimum atomic E-state index is 0.781. The summed E-state index contributed by atoms with van der Waals surface area (Å²) in [6.07, 6.45) is 0. The molecule has 2 N–H and O–H groups in total. The van der Waals surface area contributed by atoms with Gasteiger partial charge >= 0.3 is 0 Å². The summed E-state index contributed by atoms with van der Waals surface area (Å²) in [5.74, 6) is 0.889. The minimum Gasteiger partial charge on any atom is -0.389 e. The molecule has 1 aromatic carbocycles. The van der Waals surface area contributed by atoms with Gasteiger partial charge in [-0.1, -0.05) is 65.1 Å². The zero-order valence-electron chi connectivity index (χ0n) is 10.6. The normalized spacial score (nSPS) is 10.6. The summed E-state index contributed by atoms with van der Waals surface area (Å²) >= 11 is 3.23. The molecule has 0 radical (unpaired) electrons. The van der Waals surface area contributed by atoms with Crippen LogP contribution in [0.5, 0.6) is 0 Å². The zero-order chi connectivity index (χ0) is 13.1. The Hall–Kier alpha value is -1.26. The largest absolute Gasteiger partial charge is 0.389 e. The van der Waals surface area contributed by atoms with Gasteiger partial charge in [0.25, 0.3) is 0 Å². The molecular formula is C14H16N2S2. The zero-order valence-corrected chi connectivity index (χ0v) is 12.2. The Morgan fingerprint density at radius 2 is 2.06 bits per heavy atom. The summed E-state index contributed by atoms with van der Waals surface area (Å²) in [4.78, 5) is 4.60. The van der Waals surface area contributed by atoms with E-state index in [4.69, 9.17) is 5.73 Å². The second-order valence-electron chi connectivity index (χ2n) is 4.30. The fraction of sp³-hybridized carbons (Fsp3) is 0.214. The van der Waals surface area contributed by atoms with Crippen LogP contribution in [0, 0.1) is 6.92 Å². The van der Waals surface area contributed by atoms with Gasteiger partial charge in [0, 0.05) is 11.3 Å². The first-order chi connectivity index (χ1) is 8.56. The number of nitrogens with zero attached hydrogens (tertiary/aromatic N) is 1. The van der Waals surface area contributed by atoms with E-state index in [2.05, 4.69) is 42.8 Å². The van der Waals surface area contributed by atoms with E-state index in [0.717, 1.165) is 31.9 Å². The molecule has 0 aliphatic carbocycles. The molecule has 2 rings (SSSR count). The van der Waals surface area contributed by atoms with Gasteiger partial charge in [-0.2, -0.15) is 0 Å². The van der Waals surface area contributed by atoms with E-state index in [1.807, 2.05) is 6.92 Å². The second kappa shape index (κ2) is 5.59. The monoisotopic (exact) mass is 276 g/mol. The summed E-state index contributed by atoms with van der Waals surface area (Å²) < 4.78 is 1.01. The molecule has 1 heterocycles. The molecule has 1 aromatic heterocycles. The van der Waals surface area contributed by atoms with Crippen LogP contribution in [0.3, 0.4) is 0 Å². The number of anilines is 1. The van der Waals surface area contributed by atoms with Crippen LogP contribution in [-0.2, 0) is 0 Å². The van der Waals surface area contributed by atoms with Crippen molar-refractivity contribution in [3.8, 4) is 11.3 Å². The Kier molecular flexibility index (Phi) is 4.09. The van der Waals surface area contributed by atoms with Crippen molar-refractivity contribution in [1.29, 1.82) is 0 Å². The van der Waals surface area contributed by atoms with Crippen LogP contribution in [0.4, 0.5) is 5.00 Å². The third-order valence-corrected chi connectivity index (χ3v) is 4.66. The average Bonchev–Trinajstić information content (AvgIpc) is 2.69. The first-order valence-electron chi connectivity index (χ1n) is 5.67. The Labute approximate surface area is 116 Å². The number of aromatic nitrogens is 1. The molecule has 2 aromatic rings.